The van der Waals surface area contributed by atoms with Gasteiger partial charge < -0.3 is 18.9 Å². The molecule has 0 radical (unpaired) electrons. The lowest BCUT2D eigenvalue weighted by Gasteiger charge is -2.47. The summed E-state index contributed by atoms with van der Waals surface area (Å²) in [5.41, 5.74) is 0. The van der Waals surface area contributed by atoms with Crippen LogP contribution in [-0.4, -0.2) is 44.3 Å². The zero-order valence-electron chi connectivity index (χ0n) is 10.4. The van der Waals surface area contributed by atoms with Gasteiger partial charge in [0, 0.05) is 26.9 Å². The molecule has 0 unspecified atom stereocenters. The Balaban J connectivity index is 2.11. The van der Waals surface area contributed by atoms with E-state index in [0.717, 1.165) is 19.3 Å². The first-order chi connectivity index (χ1) is 8.18. The molecular formula is C12H20O5. The SMILES string of the molecule is CO[C@H]1[C@@H](OC(C)=O)CCO[C@@]12CCCCO2. The summed E-state index contributed by atoms with van der Waals surface area (Å²) in [7, 11) is 1.61. The van der Waals surface area contributed by atoms with E-state index in [1.807, 2.05) is 0 Å². The summed E-state index contributed by atoms with van der Waals surface area (Å²) in [6.07, 6.45) is 2.93. The minimum absolute atomic E-state index is 0.274. The van der Waals surface area contributed by atoms with Crippen molar-refractivity contribution in [1.29, 1.82) is 0 Å². The zero-order chi connectivity index (χ0) is 12.3. The number of esters is 1. The monoisotopic (exact) mass is 244 g/mol. The minimum atomic E-state index is -0.717. The van der Waals surface area contributed by atoms with Gasteiger partial charge in [0.2, 0.25) is 0 Å². The number of rotatable bonds is 2. The van der Waals surface area contributed by atoms with Gasteiger partial charge >= 0.3 is 5.97 Å². The molecule has 1 spiro atoms. The highest BCUT2D eigenvalue weighted by Gasteiger charge is 2.50. The minimum Gasteiger partial charge on any atom is -0.459 e. The second kappa shape index (κ2) is 5.33. The maximum Gasteiger partial charge on any atom is 0.302 e. The van der Waals surface area contributed by atoms with E-state index in [-0.39, 0.29) is 18.2 Å². The standard InChI is InChI=1S/C12H20O5/c1-9(13)17-10-5-8-16-12(11(10)14-2)6-3-4-7-15-12/h10-11H,3-8H2,1-2H3/t10-,11-,12-/m0/s1. The second-order valence-corrected chi connectivity index (χ2v) is 4.56. The van der Waals surface area contributed by atoms with Crippen molar-refractivity contribution in [2.75, 3.05) is 20.3 Å². The van der Waals surface area contributed by atoms with Crippen molar-refractivity contribution in [1.82, 2.24) is 0 Å². The predicted octanol–water partition coefficient (Wildman–Crippen LogP) is 1.25. The van der Waals surface area contributed by atoms with E-state index < -0.39 is 5.79 Å². The molecule has 0 aliphatic carbocycles. The highest BCUT2D eigenvalue weighted by Crippen LogP contribution is 2.37. The van der Waals surface area contributed by atoms with Crippen LogP contribution in [0.1, 0.15) is 32.6 Å². The Morgan fingerprint density at radius 3 is 2.65 bits per heavy atom. The third kappa shape index (κ3) is 2.61. The normalized spacial score (nSPS) is 38.0. The van der Waals surface area contributed by atoms with Crippen molar-refractivity contribution < 1.29 is 23.7 Å². The Hall–Kier alpha value is -0.650. The molecule has 2 fully saturated rings. The highest BCUT2D eigenvalue weighted by molar-refractivity contribution is 5.66. The van der Waals surface area contributed by atoms with E-state index in [1.165, 1.54) is 6.92 Å². The van der Waals surface area contributed by atoms with Crippen LogP contribution in [0.4, 0.5) is 0 Å². The molecule has 5 heteroatoms. The lowest BCUT2D eigenvalue weighted by atomic mass is 9.92. The van der Waals surface area contributed by atoms with Gasteiger partial charge in [-0.25, -0.2) is 0 Å². The van der Waals surface area contributed by atoms with Crippen LogP contribution in [-0.2, 0) is 23.7 Å². The molecule has 0 aromatic rings. The first-order valence-electron chi connectivity index (χ1n) is 6.16. The van der Waals surface area contributed by atoms with Gasteiger partial charge in [-0.2, -0.15) is 0 Å². The van der Waals surface area contributed by atoms with Crippen molar-refractivity contribution >= 4 is 5.97 Å². The Kier molecular flexibility index (Phi) is 4.01. The third-order valence-electron chi connectivity index (χ3n) is 3.36. The Labute approximate surface area is 101 Å². The summed E-state index contributed by atoms with van der Waals surface area (Å²) in [5, 5.41) is 0. The molecule has 0 bridgehead atoms. The lowest BCUT2D eigenvalue weighted by Crippen LogP contribution is -2.59. The molecule has 0 aromatic heterocycles. The van der Waals surface area contributed by atoms with Gasteiger partial charge in [0.1, 0.15) is 12.2 Å². The van der Waals surface area contributed by atoms with Crippen LogP contribution in [0.3, 0.4) is 0 Å². The first-order valence-corrected chi connectivity index (χ1v) is 6.16. The van der Waals surface area contributed by atoms with Crippen molar-refractivity contribution in [3.63, 3.8) is 0 Å². The van der Waals surface area contributed by atoms with E-state index in [1.54, 1.807) is 7.11 Å². The van der Waals surface area contributed by atoms with Crippen LogP contribution in [0, 0.1) is 0 Å². The number of ether oxygens (including phenoxy) is 4. The number of hydrogen-bond donors (Lipinski definition) is 0. The molecule has 3 atom stereocenters. The zero-order valence-corrected chi connectivity index (χ0v) is 10.4. The molecule has 2 heterocycles. The fourth-order valence-corrected chi connectivity index (χ4v) is 2.66. The highest BCUT2D eigenvalue weighted by atomic mass is 16.7. The molecular weight excluding hydrogens is 224 g/mol. The van der Waals surface area contributed by atoms with Crippen molar-refractivity contribution in [2.45, 2.75) is 50.6 Å². The molecule has 98 valence electrons. The number of methoxy groups -OCH3 is 1. The fourth-order valence-electron chi connectivity index (χ4n) is 2.66. The largest absolute Gasteiger partial charge is 0.459 e. The van der Waals surface area contributed by atoms with Crippen LogP contribution >= 0.6 is 0 Å². The maximum absolute atomic E-state index is 11.1. The van der Waals surface area contributed by atoms with Crippen LogP contribution in [0.15, 0.2) is 0 Å². The van der Waals surface area contributed by atoms with Crippen molar-refractivity contribution in [3.8, 4) is 0 Å². The molecule has 5 nitrogen and oxygen atoms in total. The van der Waals surface area contributed by atoms with Crippen molar-refractivity contribution in [3.05, 3.63) is 0 Å². The predicted molar refractivity (Wildman–Crippen MR) is 59.5 cm³/mol. The summed E-state index contributed by atoms with van der Waals surface area (Å²) >= 11 is 0. The van der Waals surface area contributed by atoms with E-state index in [9.17, 15) is 4.79 Å². The van der Waals surface area contributed by atoms with Gasteiger partial charge in [-0.3, -0.25) is 4.79 Å². The van der Waals surface area contributed by atoms with Gasteiger partial charge in [-0.15, -0.1) is 0 Å². The smallest absolute Gasteiger partial charge is 0.302 e. The number of carbonyl (C=O) groups excluding carboxylic acids is 1. The summed E-state index contributed by atoms with van der Waals surface area (Å²) in [5.74, 6) is -1.00. The van der Waals surface area contributed by atoms with Gasteiger partial charge in [0.15, 0.2) is 5.79 Å². The summed E-state index contributed by atoms with van der Waals surface area (Å²) in [6, 6.07) is 0. The van der Waals surface area contributed by atoms with E-state index >= 15 is 0 Å². The number of carbonyl (C=O) groups is 1. The summed E-state index contributed by atoms with van der Waals surface area (Å²) in [4.78, 5) is 11.1. The molecule has 2 rings (SSSR count). The average molecular weight is 244 g/mol. The fraction of sp³-hybridized carbons (Fsp3) is 0.917. The van der Waals surface area contributed by atoms with Crippen LogP contribution < -0.4 is 0 Å². The molecule has 0 aromatic carbocycles. The van der Waals surface area contributed by atoms with Crippen LogP contribution in [0.25, 0.3) is 0 Å². The maximum atomic E-state index is 11.1. The lowest BCUT2D eigenvalue weighted by molar-refractivity contribution is -0.337. The van der Waals surface area contributed by atoms with Crippen LogP contribution in [0.2, 0.25) is 0 Å². The van der Waals surface area contributed by atoms with E-state index in [2.05, 4.69) is 0 Å². The molecule has 2 aliphatic heterocycles. The molecule has 0 N–H and O–H groups in total. The Morgan fingerprint density at radius 1 is 1.29 bits per heavy atom. The molecule has 0 saturated carbocycles. The molecule has 0 amide bonds. The average Bonchev–Trinajstić information content (AvgIpc) is 2.29. The van der Waals surface area contributed by atoms with Gasteiger partial charge in [0.25, 0.3) is 0 Å². The van der Waals surface area contributed by atoms with Gasteiger partial charge in [0.05, 0.1) is 13.2 Å². The van der Waals surface area contributed by atoms with Gasteiger partial charge in [-0.1, -0.05) is 0 Å². The topological polar surface area (TPSA) is 54.0 Å². The molecule has 2 saturated heterocycles. The Morgan fingerprint density at radius 2 is 2.06 bits per heavy atom. The quantitative estimate of drug-likeness (QED) is 0.684. The van der Waals surface area contributed by atoms with E-state index in [0.29, 0.717) is 19.6 Å². The van der Waals surface area contributed by atoms with Crippen molar-refractivity contribution in [2.24, 2.45) is 0 Å². The summed E-state index contributed by atoms with van der Waals surface area (Å²) < 4.78 is 22.3. The first kappa shape index (κ1) is 12.8. The Bertz CT molecular complexity index is 267. The van der Waals surface area contributed by atoms with Gasteiger partial charge in [-0.05, 0) is 12.8 Å². The number of hydrogen-bond acceptors (Lipinski definition) is 5. The molecule has 2 aliphatic rings. The second-order valence-electron chi connectivity index (χ2n) is 4.56. The molecule has 17 heavy (non-hydrogen) atoms. The van der Waals surface area contributed by atoms with Crippen LogP contribution in [0.5, 0.6) is 0 Å². The summed E-state index contributed by atoms with van der Waals surface area (Å²) in [6.45, 7) is 2.63. The third-order valence-corrected chi connectivity index (χ3v) is 3.36. The van der Waals surface area contributed by atoms with E-state index in [4.69, 9.17) is 18.9 Å².